The molecule has 0 aliphatic rings. The summed E-state index contributed by atoms with van der Waals surface area (Å²) in [5, 5.41) is 3.14. The molecule has 2 aromatic carbocycles. The van der Waals surface area contributed by atoms with Crippen LogP contribution in [0, 0.1) is 13.8 Å². The Morgan fingerprint density at radius 2 is 1.90 bits per heavy atom. The normalized spacial score (nSPS) is 11.2. The molecule has 0 saturated heterocycles. The van der Waals surface area contributed by atoms with Gasteiger partial charge in [0.05, 0.1) is 0 Å². The van der Waals surface area contributed by atoms with Crippen molar-refractivity contribution < 1.29 is 4.42 Å². The largest absolute Gasteiger partial charge is 0.436 e. The van der Waals surface area contributed by atoms with E-state index in [4.69, 9.17) is 4.42 Å². The fraction of sp³-hybridized carbons (Fsp3) is 0.235. The van der Waals surface area contributed by atoms with Crippen molar-refractivity contribution >= 4 is 11.1 Å². The van der Waals surface area contributed by atoms with Crippen molar-refractivity contribution in [3.63, 3.8) is 0 Å². The molecule has 0 amide bonds. The van der Waals surface area contributed by atoms with Crippen LogP contribution in [0.15, 0.2) is 40.8 Å². The van der Waals surface area contributed by atoms with Crippen LogP contribution in [-0.4, -0.2) is 12.0 Å². The number of hydrogen-bond acceptors (Lipinski definition) is 3. The van der Waals surface area contributed by atoms with Crippen molar-refractivity contribution in [1.29, 1.82) is 0 Å². The number of nitrogens with one attached hydrogen (secondary N) is 1. The average molecular weight is 266 g/mol. The third-order valence-corrected chi connectivity index (χ3v) is 3.59. The first-order chi connectivity index (χ1) is 9.67. The summed E-state index contributed by atoms with van der Waals surface area (Å²) in [5.41, 5.74) is 6.49. The van der Waals surface area contributed by atoms with Crippen molar-refractivity contribution in [2.75, 3.05) is 7.05 Å². The van der Waals surface area contributed by atoms with Crippen LogP contribution in [0.2, 0.25) is 0 Å². The molecular weight excluding hydrogens is 248 g/mol. The highest BCUT2D eigenvalue weighted by Crippen LogP contribution is 2.26. The first-order valence-electron chi connectivity index (χ1n) is 6.79. The molecule has 3 aromatic rings. The second-order valence-corrected chi connectivity index (χ2v) is 5.15. The summed E-state index contributed by atoms with van der Waals surface area (Å²) in [6.07, 6.45) is 0. The SMILES string of the molecule is CNCc1ccc2nc(-c3ccc(C)c(C)c3)oc2c1. The second kappa shape index (κ2) is 5.10. The predicted molar refractivity (Wildman–Crippen MR) is 81.7 cm³/mol. The topological polar surface area (TPSA) is 38.1 Å². The lowest BCUT2D eigenvalue weighted by Crippen LogP contribution is -2.04. The van der Waals surface area contributed by atoms with Gasteiger partial charge in [-0.3, -0.25) is 0 Å². The van der Waals surface area contributed by atoms with E-state index in [-0.39, 0.29) is 0 Å². The highest BCUT2D eigenvalue weighted by Gasteiger charge is 2.09. The third-order valence-electron chi connectivity index (χ3n) is 3.59. The van der Waals surface area contributed by atoms with Gasteiger partial charge in [-0.15, -0.1) is 0 Å². The minimum absolute atomic E-state index is 0.685. The van der Waals surface area contributed by atoms with Crippen LogP contribution >= 0.6 is 0 Å². The van der Waals surface area contributed by atoms with Crippen LogP contribution in [0.1, 0.15) is 16.7 Å². The second-order valence-electron chi connectivity index (χ2n) is 5.15. The fourth-order valence-corrected chi connectivity index (χ4v) is 2.28. The van der Waals surface area contributed by atoms with Crippen LogP contribution in [0.25, 0.3) is 22.6 Å². The fourth-order valence-electron chi connectivity index (χ4n) is 2.28. The molecule has 3 heteroatoms. The van der Waals surface area contributed by atoms with Gasteiger partial charge in [0.15, 0.2) is 5.58 Å². The van der Waals surface area contributed by atoms with Crippen LogP contribution in [0.3, 0.4) is 0 Å². The van der Waals surface area contributed by atoms with E-state index in [2.05, 4.69) is 48.4 Å². The van der Waals surface area contributed by atoms with Crippen molar-refractivity contribution in [3.05, 3.63) is 53.1 Å². The van der Waals surface area contributed by atoms with Crippen LogP contribution in [0.5, 0.6) is 0 Å². The molecule has 0 radical (unpaired) electrons. The van der Waals surface area contributed by atoms with Gasteiger partial charge in [0.25, 0.3) is 0 Å². The number of aromatic nitrogens is 1. The van der Waals surface area contributed by atoms with Gasteiger partial charge in [0, 0.05) is 12.1 Å². The Morgan fingerprint density at radius 1 is 1.05 bits per heavy atom. The Morgan fingerprint density at radius 3 is 2.65 bits per heavy atom. The molecule has 20 heavy (non-hydrogen) atoms. The molecule has 0 saturated carbocycles. The maximum absolute atomic E-state index is 5.90. The highest BCUT2D eigenvalue weighted by atomic mass is 16.3. The van der Waals surface area contributed by atoms with E-state index in [0.717, 1.165) is 23.2 Å². The third kappa shape index (κ3) is 2.32. The smallest absolute Gasteiger partial charge is 0.227 e. The van der Waals surface area contributed by atoms with Crippen molar-refractivity contribution in [2.24, 2.45) is 0 Å². The number of aryl methyl sites for hydroxylation is 2. The summed E-state index contributed by atoms with van der Waals surface area (Å²) in [5.74, 6) is 0.685. The Labute approximate surface area is 118 Å². The Kier molecular flexibility index (Phi) is 3.28. The molecule has 0 bridgehead atoms. The van der Waals surface area contributed by atoms with Gasteiger partial charge in [-0.1, -0.05) is 12.1 Å². The van der Waals surface area contributed by atoms with Crippen LogP contribution in [-0.2, 0) is 6.54 Å². The van der Waals surface area contributed by atoms with Gasteiger partial charge in [-0.25, -0.2) is 4.98 Å². The first kappa shape index (κ1) is 12.9. The van der Waals surface area contributed by atoms with E-state index in [0.29, 0.717) is 5.89 Å². The number of rotatable bonds is 3. The maximum atomic E-state index is 5.90. The number of hydrogen-bond donors (Lipinski definition) is 1. The van der Waals surface area contributed by atoms with Gasteiger partial charge in [-0.2, -0.15) is 0 Å². The molecular formula is C17H18N2O. The lowest BCUT2D eigenvalue weighted by atomic mass is 10.1. The zero-order valence-electron chi connectivity index (χ0n) is 12.0. The summed E-state index contributed by atoms with van der Waals surface area (Å²) in [7, 11) is 1.94. The predicted octanol–water partition coefficient (Wildman–Crippen LogP) is 3.83. The number of benzene rings is 2. The van der Waals surface area contributed by atoms with Crippen molar-refractivity contribution in [1.82, 2.24) is 10.3 Å². The Hall–Kier alpha value is -2.13. The average Bonchev–Trinajstić information content (AvgIpc) is 2.85. The van der Waals surface area contributed by atoms with E-state index in [9.17, 15) is 0 Å². The van der Waals surface area contributed by atoms with Crippen LogP contribution < -0.4 is 5.32 Å². The van der Waals surface area contributed by atoms with Gasteiger partial charge in [0.1, 0.15) is 5.52 Å². The molecule has 0 atom stereocenters. The van der Waals surface area contributed by atoms with Gasteiger partial charge in [0.2, 0.25) is 5.89 Å². The molecule has 1 aromatic heterocycles. The Bertz CT molecular complexity index is 759. The first-order valence-corrected chi connectivity index (χ1v) is 6.79. The van der Waals surface area contributed by atoms with Crippen molar-refractivity contribution in [3.8, 4) is 11.5 Å². The maximum Gasteiger partial charge on any atom is 0.227 e. The molecule has 3 nitrogen and oxygen atoms in total. The Balaban J connectivity index is 2.05. The minimum Gasteiger partial charge on any atom is -0.436 e. The number of nitrogens with zero attached hydrogens (tertiary/aromatic N) is 1. The van der Waals surface area contributed by atoms with E-state index in [1.165, 1.54) is 16.7 Å². The monoisotopic (exact) mass is 266 g/mol. The molecule has 0 spiro atoms. The molecule has 0 aliphatic heterocycles. The number of oxazole rings is 1. The lowest BCUT2D eigenvalue weighted by molar-refractivity contribution is 0.619. The van der Waals surface area contributed by atoms with E-state index < -0.39 is 0 Å². The summed E-state index contributed by atoms with van der Waals surface area (Å²) < 4.78 is 5.90. The minimum atomic E-state index is 0.685. The van der Waals surface area contributed by atoms with Gasteiger partial charge in [-0.05, 0) is 61.9 Å². The zero-order valence-corrected chi connectivity index (χ0v) is 12.0. The summed E-state index contributed by atoms with van der Waals surface area (Å²) in [6, 6.07) is 12.4. The van der Waals surface area contributed by atoms with E-state index >= 15 is 0 Å². The standard InChI is InChI=1S/C17H18N2O/c1-11-4-6-14(8-12(11)2)17-19-15-7-5-13(10-18-3)9-16(15)20-17/h4-9,18H,10H2,1-3H3. The van der Waals surface area contributed by atoms with Gasteiger partial charge < -0.3 is 9.73 Å². The summed E-state index contributed by atoms with van der Waals surface area (Å²) in [4.78, 5) is 4.57. The molecule has 102 valence electrons. The molecule has 3 rings (SSSR count). The van der Waals surface area contributed by atoms with E-state index in [1.807, 2.05) is 19.2 Å². The zero-order chi connectivity index (χ0) is 14.1. The lowest BCUT2D eigenvalue weighted by Gasteiger charge is -2.01. The quantitative estimate of drug-likeness (QED) is 0.783. The molecule has 0 unspecified atom stereocenters. The highest BCUT2D eigenvalue weighted by molar-refractivity contribution is 5.77. The number of fused-ring (bicyclic) bond motifs is 1. The summed E-state index contributed by atoms with van der Waals surface area (Å²) >= 11 is 0. The van der Waals surface area contributed by atoms with E-state index in [1.54, 1.807) is 0 Å². The molecule has 0 aliphatic carbocycles. The molecule has 1 N–H and O–H groups in total. The molecule has 0 fully saturated rings. The van der Waals surface area contributed by atoms with Crippen LogP contribution in [0.4, 0.5) is 0 Å². The van der Waals surface area contributed by atoms with Crippen molar-refractivity contribution in [2.45, 2.75) is 20.4 Å². The molecule has 1 heterocycles. The van der Waals surface area contributed by atoms with Gasteiger partial charge >= 0.3 is 0 Å². The summed E-state index contributed by atoms with van der Waals surface area (Å²) in [6.45, 7) is 5.04.